The number of benzene rings is 1. The molecule has 0 nitrogen and oxygen atoms in total. The van der Waals surface area contributed by atoms with Gasteiger partial charge in [-0.2, -0.15) is 0 Å². The Morgan fingerprint density at radius 1 is 0.618 bits per heavy atom. The van der Waals surface area contributed by atoms with Crippen LogP contribution in [0.25, 0.3) is 0 Å². The molecule has 0 N–H and O–H groups in total. The summed E-state index contributed by atoms with van der Waals surface area (Å²) in [6.45, 7) is 32.2. The molecule has 0 atom stereocenters. The fraction of sp³-hybridized carbons (Fsp3) is 0.824. The lowest BCUT2D eigenvalue weighted by atomic mass is 9.62. The van der Waals surface area contributed by atoms with Gasteiger partial charge in [0, 0.05) is 0 Å². The molecular weight excluding hydrogens is 408 g/mol. The first-order valence-corrected chi connectivity index (χ1v) is 14.2. The molecule has 0 radical (unpaired) electrons. The molecule has 0 amide bonds. The minimum absolute atomic E-state index is 0.293. The summed E-state index contributed by atoms with van der Waals surface area (Å²) in [4.78, 5) is 0. The van der Waals surface area contributed by atoms with Gasteiger partial charge >= 0.3 is 0 Å². The molecule has 200 valence electrons. The van der Waals surface area contributed by atoms with Crippen LogP contribution in [0.2, 0.25) is 0 Å². The summed E-state index contributed by atoms with van der Waals surface area (Å²) in [7, 11) is 0. The van der Waals surface area contributed by atoms with E-state index < -0.39 is 0 Å². The molecule has 34 heavy (non-hydrogen) atoms. The first-order chi connectivity index (χ1) is 15.1. The quantitative estimate of drug-likeness (QED) is 0.352. The Bertz CT molecular complexity index is 616. The Kier molecular flexibility index (Phi) is 13.2. The third-order valence-electron chi connectivity index (χ3n) is 6.61. The van der Waals surface area contributed by atoms with E-state index in [2.05, 4.69) is 127 Å². The van der Waals surface area contributed by atoms with Crippen molar-refractivity contribution in [3.05, 3.63) is 35.9 Å². The van der Waals surface area contributed by atoms with Crippen molar-refractivity contribution in [1.29, 1.82) is 0 Å². The zero-order valence-electron chi connectivity index (χ0n) is 26.1. The van der Waals surface area contributed by atoms with Gasteiger partial charge in [-0.05, 0) is 70.7 Å². The van der Waals surface area contributed by atoms with Crippen molar-refractivity contribution in [3.63, 3.8) is 0 Å². The Morgan fingerprint density at radius 2 is 1.00 bits per heavy atom. The molecule has 1 aromatic rings. The Hall–Kier alpha value is -0.780. The van der Waals surface area contributed by atoms with Crippen molar-refractivity contribution < 1.29 is 0 Å². The Balaban J connectivity index is 0.000000442. The lowest BCUT2D eigenvalue weighted by molar-refractivity contribution is 0.0754. The van der Waals surface area contributed by atoms with Gasteiger partial charge in [-0.25, -0.2) is 0 Å². The molecule has 0 aromatic heterocycles. The summed E-state index contributed by atoms with van der Waals surface area (Å²) in [5, 5.41) is 0. The maximum atomic E-state index is 2.41. The summed E-state index contributed by atoms with van der Waals surface area (Å²) in [5.41, 5.74) is 4.04. The van der Waals surface area contributed by atoms with Gasteiger partial charge < -0.3 is 0 Å². The van der Waals surface area contributed by atoms with Gasteiger partial charge in [0.2, 0.25) is 0 Å². The average Bonchev–Trinajstić information content (AvgIpc) is 2.58. The van der Waals surface area contributed by atoms with Crippen LogP contribution in [-0.2, 0) is 5.41 Å². The van der Waals surface area contributed by atoms with Gasteiger partial charge in [0.15, 0.2) is 0 Å². The number of rotatable bonds is 0. The highest BCUT2D eigenvalue weighted by Gasteiger charge is 2.36. The van der Waals surface area contributed by atoms with E-state index >= 15 is 0 Å². The fourth-order valence-electron chi connectivity index (χ4n) is 5.85. The van der Waals surface area contributed by atoms with Crippen LogP contribution in [0.15, 0.2) is 30.3 Å². The zero-order valence-corrected chi connectivity index (χ0v) is 26.1. The second-order valence-corrected chi connectivity index (χ2v) is 16.4. The molecule has 0 saturated heterocycles. The molecule has 0 spiro atoms. The van der Waals surface area contributed by atoms with E-state index in [4.69, 9.17) is 0 Å². The van der Waals surface area contributed by atoms with E-state index in [-0.39, 0.29) is 0 Å². The molecule has 0 aliphatic heterocycles. The molecule has 0 unspecified atom stereocenters. The van der Waals surface area contributed by atoms with Crippen LogP contribution in [0, 0.1) is 27.6 Å². The van der Waals surface area contributed by atoms with Gasteiger partial charge in [0.25, 0.3) is 0 Å². The standard InChI is InChI=1S/C11H22.C10H14.C8H16.C5H12/c1-9-6-10(2,3)8-11(4,5)7-9;1-10(2,3)9-7-5-4-6-8-9;1-8(2)6-4-3-5-7-8;1-5(2,3)4/h9H,6-8H2,1-5H3;4-8H,1-3H3;3-7H2,1-2H3;1-4H3. The van der Waals surface area contributed by atoms with E-state index in [0.29, 0.717) is 27.1 Å². The van der Waals surface area contributed by atoms with Gasteiger partial charge in [0.05, 0.1) is 0 Å². The smallest absolute Gasteiger partial charge is 0.0132 e. The van der Waals surface area contributed by atoms with Crippen molar-refractivity contribution in [1.82, 2.24) is 0 Å². The number of hydrogen-bond donors (Lipinski definition) is 0. The van der Waals surface area contributed by atoms with Crippen LogP contribution >= 0.6 is 0 Å². The van der Waals surface area contributed by atoms with E-state index in [9.17, 15) is 0 Å². The van der Waals surface area contributed by atoms with Crippen LogP contribution in [0.3, 0.4) is 0 Å². The maximum Gasteiger partial charge on any atom is -0.0132 e. The zero-order chi connectivity index (χ0) is 26.8. The van der Waals surface area contributed by atoms with Crippen LogP contribution < -0.4 is 0 Å². The average molecular weight is 473 g/mol. The second kappa shape index (κ2) is 13.5. The van der Waals surface area contributed by atoms with Crippen LogP contribution in [0.4, 0.5) is 0 Å². The molecular formula is C34H64. The molecule has 3 rings (SSSR count). The van der Waals surface area contributed by atoms with Crippen molar-refractivity contribution >= 4 is 0 Å². The topological polar surface area (TPSA) is 0 Å². The summed E-state index contributed by atoms with van der Waals surface area (Å²) >= 11 is 0. The highest BCUT2D eigenvalue weighted by atomic mass is 14.4. The molecule has 2 aliphatic rings. The van der Waals surface area contributed by atoms with Crippen molar-refractivity contribution in [2.45, 2.75) is 154 Å². The van der Waals surface area contributed by atoms with Gasteiger partial charge in [-0.3, -0.25) is 0 Å². The van der Waals surface area contributed by atoms with Gasteiger partial charge in [-0.15, -0.1) is 0 Å². The van der Waals surface area contributed by atoms with E-state index in [1.165, 1.54) is 56.9 Å². The fourth-order valence-corrected chi connectivity index (χ4v) is 5.85. The largest absolute Gasteiger partial charge is 0.0625 e. The maximum absolute atomic E-state index is 2.41. The Labute approximate surface area is 217 Å². The molecule has 2 saturated carbocycles. The van der Waals surface area contributed by atoms with Gasteiger partial charge in [0.1, 0.15) is 0 Å². The minimum Gasteiger partial charge on any atom is -0.0625 e. The lowest BCUT2D eigenvalue weighted by Gasteiger charge is -2.44. The third-order valence-corrected chi connectivity index (χ3v) is 6.61. The predicted molar refractivity (Wildman–Crippen MR) is 158 cm³/mol. The van der Waals surface area contributed by atoms with Crippen LogP contribution in [-0.4, -0.2) is 0 Å². The summed E-state index contributed by atoms with van der Waals surface area (Å²) in [5.74, 6) is 0.925. The first-order valence-electron chi connectivity index (χ1n) is 14.2. The molecule has 2 fully saturated rings. The number of hydrogen-bond acceptors (Lipinski definition) is 0. The minimum atomic E-state index is 0.293. The third kappa shape index (κ3) is 18.5. The SMILES string of the molecule is CC(C)(C)C.CC(C)(C)c1ccccc1.CC1(C)CCCCC1.CC1CC(C)(C)CC(C)(C)C1. The normalized spacial score (nSPS) is 21.5. The summed E-state index contributed by atoms with van der Waals surface area (Å²) in [6.07, 6.45) is 11.5. The molecule has 2 aliphatic carbocycles. The molecule has 1 aromatic carbocycles. The molecule has 0 bridgehead atoms. The van der Waals surface area contributed by atoms with Crippen LogP contribution in [0.5, 0.6) is 0 Å². The summed E-state index contributed by atoms with van der Waals surface area (Å²) in [6, 6.07) is 10.6. The predicted octanol–water partition coefficient (Wildman–Crippen LogP) is 11.9. The lowest BCUT2D eigenvalue weighted by Crippen LogP contribution is -2.32. The van der Waals surface area contributed by atoms with Crippen molar-refractivity contribution in [2.24, 2.45) is 27.6 Å². The van der Waals surface area contributed by atoms with Crippen molar-refractivity contribution in [2.75, 3.05) is 0 Å². The molecule has 0 heteroatoms. The van der Waals surface area contributed by atoms with E-state index in [0.717, 1.165) is 5.92 Å². The second-order valence-electron chi connectivity index (χ2n) is 16.4. The van der Waals surface area contributed by atoms with E-state index in [1.54, 1.807) is 0 Å². The monoisotopic (exact) mass is 473 g/mol. The van der Waals surface area contributed by atoms with Crippen molar-refractivity contribution in [3.8, 4) is 0 Å². The first kappa shape index (κ1) is 33.2. The highest BCUT2D eigenvalue weighted by molar-refractivity contribution is 5.21. The Morgan fingerprint density at radius 3 is 1.24 bits per heavy atom. The van der Waals surface area contributed by atoms with E-state index in [1.807, 2.05) is 0 Å². The van der Waals surface area contributed by atoms with Gasteiger partial charge in [-0.1, -0.05) is 147 Å². The molecule has 0 heterocycles. The highest BCUT2D eigenvalue weighted by Crippen LogP contribution is 2.47. The summed E-state index contributed by atoms with van der Waals surface area (Å²) < 4.78 is 0. The van der Waals surface area contributed by atoms with Crippen LogP contribution in [0.1, 0.15) is 154 Å².